The average Bonchev–Trinajstić information content (AvgIpc) is 2.00. The molecule has 0 aliphatic heterocycles. The topological polar surface area (TPSA) is 48.2 Å². The van der Waals surface area contributed by atoms with Crippen molar-refractivity contribution in [2.75, 3.05) is 12.8 Å². The van der Waals surface area contributed by atoms with Gasteiger partial charge in [-0.3, -0.25) is 10.3 Å². The van der Waals surface area contributed by atoms with Crippen LogP contribution in [0.15, 0.2) is 4.99 Å². The number of nitrogens with one attached hydrogen (secondary N) is 1. The fourth-order valence-corrected chi connectivity index (χ4v) is 1.44. The van der Waals surface area contributed by atoms with Gasteiger partial charge in [0.05, 0.1) is 0 Å². The average molecular weight is 183 g/mol. The molecule has 0 aromatic carbocycles. The molecule has 0 bridgehead atoms. The molecule has 1 aliphatic carbocycles. The van der Waals surface area contributed by atoms with E-state index in [1.54, 1.807) is 0 Å². The van der Waals surface area contributed by atoms with Gasteiger partial charge in [0.2, 0.25) is 0 Å². The summed E-state index contributed by atoms with van der Waals surface area (Å²) in [5, 5.41) is 11.6. The van der Waals surface area contributed by atoms with Crippen LogP contribution < -0.4 is 5.32 Å². The second-order valence-electron chi connectivity index (χ2n) is 2.88. The molecule has 1 aliphatic rings. The van der Waals surface area contributed by atoms with Crippen LogP contribution in [0.25, 0.3) is 0 Å². The van der Waals surface area contributed by atoms with Gasteiger partial charge in [-0.2, -0.15) is 5.26 Å². The van der Waals surface area contributed by atoms with Gasteiger partial charge in [-0.15, -0.1) is 0 Å². The Hall–Kier alpha value is -0.690. The first kappa shape index (κ1) is 9.40. The molecule has 0 aromatic rings. The number of thioether (sulfide) groups is 1. The highest BCUT2D eigenvalue weighted by Gasteiger charge is 2.16. The van der Waals surface area contributed by atoms with E-state index in [2.05, 4.69) is 10.3 Å². The zero-order valence-corrected chi connectivity index (χ0v) is 8.02. The van der Waals surface area contributed by atoms with Crippen molar-refractivity contribution in [3.8, 4) is 6.19 Å². The molecule has 3 nitrogen and oxygen atoms in total. The summed E-state index contributed by atoms with van der Waals surface area (Å²) in [7, 11) is 0. The lowest BCUT2D eigenvalue weighted by Gasteiger charge is -2.23. The maximum atomic E-state index is 8.35. The summed E-state index contributed by atoms with van der Waals surface area (Å²) in [5.41, 5.74) is 0. The summed E-state index contributed by atoms with van der Waals surface area (Å²) in [4.78, 5) is 4.30. The molecular formula is C8H13N3S. The standard InChI is InChI=1S/C8H13N3S/c1-12-8(11-6-9)10-5-7-3-2-4-7/h7H,2-5H2,1H3,(H,10,11). The van der Waals surface area contributed by atoms with Crippen LogP contribution in [0, 0.1) is 17.4 Å². The van der Waals surface area contributed by atoms with Gasteiger partial charge in [-0.25, -0.2) is 0 Å². The van der Waals surface area contributed by atoms with Gasteiger partial charge in [0.1, 0.15) is 0 Å². The zero-order chi connectivity index (χ0) is 8.81. The second kappa shape index (κ2) is 5.04. The lowest BCUT2D eigenvalue weighted by Crippen LogP contribution is -2.19. The van der Waals surface area contributed by atoms with Crippen molar-refractivity contribution >= 4 is 16.9 Å². The van der Waals surface area contributed by atoms with Crippen molar-refractivity contribution in [2.45, 2.75) is 19.3 Å². The van der Waals surface area contributed by atoms with Crippen LogP contribution in [0.4, 0.5) is 0 Å². The number of nitrogens with zero attached hydrogens (tertiary/aromatic N) is 2. The molecule has 0 aromatic heterocycles. The summed E-state index contributed by atoms with van der Waals surface area (Å²) in [6.45, 7) is 0.880. The Morgan fingerprint density at radius 2 is 2.50 bits per heavy atom. The third kappa shape index (κ3) is 2.74. The van der Waals surface area contributed by atoms with Crippen LogP contribution in [0.5, 0.6) is 0 Å². The smallest absolute Gasteiger partial charge is 0.183 e. The van der Waals surface area contributed by atoms with Crippen molar-refractivity contribution in [3.63, 3.8) is 0 Å². The van der Waals surface area contributed by atoms with Crippen LogP contribution in [0.2, 0.25) is 0 Å². The first-order valence-corrected chi connectivity index (χ1v) is 5.33. The van der Waals surface area contributed by atoms with Gasteiger partial charge in [0, 0.05) is 6.54 Å². The number of rotatable bonds is 2. The summed E-state index contributed by atoms with van der Waals surface area (Å²) in [5.74, 6) is 0.771. The van der Waals surface area contributed by atoms with Crippen LogP contribution in [-0.2, 0) is 0 Å². The molecule has 1 fully saturated rings. The minimum Gasteiger partial charge on any atom is -0.272 e. The Bertz CT molecular complexity index is 203. The predicted octanol–water partition coefficient (Wildman–Crippen LogP) is 1.58. The highest BCUT2D eigenvalue weighted by molar-refractivity contribution is 8.13. The van der Waals surface area contributed by atoms with E-state index in [1.165, 1.54) is 31.0 Å². The van der Waals surface area contributed by atoms with E-state index in [1.807, 2.05) is 12.4 Å². The molecule has 0 saturated heterocycles. The van der Waals surface area contributed by atoms with E-state index < -0.39 is 0 Å². The van der Waals surface area contributed by atoms with Gasteiger partial charge in [-0.05, 0) is 25.0 Å². The maximum absolute atomic E-state index is 8.35. The quantitative estimate of drug-likeness (QED) is 0.306. The molecular weight excluding hydrogens is 170 g/mol. The molecule has 0 atom stereocenters. The van der Waals surface area contributed by atoms with E-state index in [4.69, 9.17) is 5.26 Å². The van der Waals surface area contributed by atoms with Crippen molar-refractivity contribution < 1.29 is 0 Å². The molecule has 1 N–H and O–H groups in total. The zero-order valence-electron chi connectivity index (χ0n) is 7.21. The Kier molecular flexibility index (Phi) is 3.95. The Balaban J connectivity index is 2.26. The van der Waals surface area contributed by atoms with Gasteiger partial charge in [-0.1, -0.05) is 18.2 Å². The Morgan fingerprint density at radius 3 is 2.92 bits per heavy atom. The van der Waals surface area contributed by atoms with Crippen LogP contribution in [0.3, 0.4) is 0 Å². The predicted molar refractivity (Wildman–Crippen MR) is 51.9 cm³/mol. The molecule has 0 heterocycles. The van der Waals surface area contributed by atoms with E-state index in [9.17, 15) is 0 Å². The van der Waals surface area contributed by atoms with E-state index in [0.717, 1.165) is 17.6 Å². The SMILES string of the molecule is CSC(=NCC1CCC1)NC#N. The summed E-state index contributed by atoms with van der Waals surface area (Å²) >= 11 is 1.49. The first-order valence-electron chi connectivity index (χ1n) is 4.10. The van der Waals surface area contributed by atoms with Crippen molar-refractivity contribution in [1.82, 2.24) is 5.32 Å². The van der Waals surface area contributed by atoms with Gasteiger partial charge < -0.3 is 0 Å². The minimum atomic E-state index is 0.740. The summed E-state index contributed by atoms with van der Waals surface area (Å²) in [6, 6.07) is 0. The maximum Gasteiger partial charge on any atom is 0.183 e. The van der Waals surface area contributed by atoms with Gasteiger partial charge in [0.15, 0.2) is 11.4 Å². The third-order valence-corrected chi connectivity index (χ3v) is 2.69. The molecule has 4 heteroatoms. The highest BCUT2D eigenvalue weighted by atomic mass is 32.2. The van der Waals surface area contributed by atoms with Gasteiger partial charge in [0.25, 0.3) is 0 Å². The number of nitriles is 1. The lowest BCUT2D eigenvalue weighted by molar-refractivity contribution is 0.326. The Morgan fingerprint density at radius 1 is 1.75 bits per heavy atom. The van der Waals surface area contributed by atoms with Crippen LogP contribution in [-0.4, -0.2) is 18.0 Å². The number of aliphatic imine (C=N–C) groups is 1. The summed E-state index contributed by atoms with van der Waals surface area (Å²) in [6.07, 6.45) is 7.75. The van der Waals surface area contributed by atoms with Gasteiger partial charge >= 0.3 is 0 Å². The number of amidine groups is 1. The van der Waals surface area contributed by atoms with Crippen molar-refractivity contribution in [1.29, 1.82) is 5.26 Å². The largest absolute Gasteiger partial charge is 0.272 e. The minimum absolute atomic E-state index is 0.740. The van der Waals surface area contributed by atoms with Crippen molar-refractivity contribution in [3.05, 3.63) is 0 Å². The molecule has 1 rings (SSSR count). The molecule has 1 saturated carbocycles. The Labute approximate surface area is 77.2 Å². The normalized spacial score (nSPS) is 18.2. The fraction of sp³-hybridized carbons (Fsp3) is 0.750. The molecule has 0 unspecified atom stereocenters. The highest BCUT2D eigenvalue weighted by Crippen LogP contribution is 2.26. The number of hydrogen-bond acceptors (Lipinski definition) is 3. The van der Waals surface area contributed by atoms with Crippen LogP contribution in [0.1, 0.15) is 19.3 Å². The molecule has 12 heavy (non-hydrogen) atoms. The lowest BCUT2D eigenvalue weighted by atomic mass is 9.86. The fourth-order valence-electron chi connectivity index (χ4n) is 1.09. The molecule has 0 amide bonds. The monoisotopic (exact) mass is 183 g/mol. The second-order valence-corrected chi connectivity index (χ2v) is 3.68. The molecule has 0 spiro atoms. The first-order chi connectivity index (χ1) is 5.86. The van der Waals surface area contributed by atoms with Crippen LogP contribution >= 0.6 is 11.8 Å². The van der Waals surface area contributed by atoms with Crippen molar-refractivity contribution in [2.24, 2.45) is 10.9 Å². The number of hydrogen-bond donors (Lipinski definition) is 1. The van der Waals surface area contributed by atoms with E-state index in [-0.39, 0.29) is 0 Å². The molecule has 0 radical (unpaired) electrons. The molecule has 66 valence electrons. The van der Waals surface area contributed by atoms with E-state index in [0.29, 0.717) is 0 Å². The summed E-state index contributed by atoms with van der Waals surface area (Å²) < 4.78 is 0. The van der Waals surface area contributed by atoms with E-state index >= 15 is 0 Å². The third-order valence-electron chi connectivity index (χ3n) is 2.07.